The third-order valence-corrected chi connectivity index (χ3v) is 3.17. The topological polar surface area (TPSA) is 23.5 Å². The lowest BCUT2D eigenvalue weighted by Crippen LogP contribution is -2.42. The van der Waals surface area contributed by atoms with Crippen LogP contribution >= 0.6 is 0 Å². The molecule has 19 heavy (non-hydrogen) atoms. The van der Waals surface area contributed by atoms with Crippen LogP contribution in [0.25, 0.3) is 0 Å². The number of hydrogen-bond donors (Lipinski definition) is 1. The van der Waals surface area contributed by atoms with Crippen LogP contribution in [0.15, 0.2) is 24.8 Å². The Labute approximate surface area is 115 Å². The highest BCUT2D eigenvalue weighted by Gasteiger charge is 2.25. The quantitative estimate of drug-likeness (QED) is 0.832. The molecule has 3 heteroatoms. The molecule has 0 aliphatic carbocycles. The first-order valence-electron chi connectivity index (χ1n) is 6.55. The predicted octanol–water partition coefficient (Wildman–Crippen LogP) is 3.98. The second-order valence-corrected chi connectivity index (χ2v) is 5.91. The van der Waals surface area contributed by atoms with Crippen LogP contribution in [0, 0.1) is 12.7 Å². The van der Waals surface area contributed by atoms with Gasteiger partial charge in [0, 0.05) is 23.3 Å². The van der Waals surface area contributed by atoms with Gasteiger partial charge in [-0.05, 0) is 52.3 Å². The number of aliphatic hydroxyl groups excluding tert-OH is 1. The number of anilines is 1. The lowest BCUT2D eigenvalue weighted by molar-refractivity contribution is 0.199. The molecule has 2 nitrogen and oxygen atoms in total. The van der Waals surface area contributed by atoms with Gasteiger partial charge >= 0.3 is 0 Å². The van der Waals surface area contributed by atoms with Crippen molar-refractivity contribution < 1.29 is 9.50 Å². The van der Waals surface area contributed by atoms with Gasteiger partial charge in [-0.3, -0.25) is 0 Å². The monoisotopic (exact) mass is 265 g/mol. The van der Waals surface area contributed by atoms with E-state index in [0.717, 1.165) is 5.69 Å². The summed E-state index contributed by atoms with van der Waals surface area (Å²) in [6.07, 6.45) is 1.11. The number of aliphatic hydroxyl groups is 1. The van der Waals surface area contributed by atoms with Gasteiger partial charge in [-0.25, -0.2) is 4.39 Å². The molecule has 1 atom stereocenters. The van der Waals surface area contributed by atoms with Gasteiger partial charge in [0.05, 0.1) is 6.10 Å². The summed E-state index contributed by atoms with van der Waals surface area (Å²) < 4.78 is 13.7. The summed E-state index contributed by atoms with van der Waals surface area (Å²) in [7, 11) is 0. The highest BCUT2D eigenvalue weighted by atomic mass is 19.1. The Morgan fingerprint density at radius 2 is 2.00 bits per heavy atom. The van der Waals surface area contributed by atoms with Gasteiger partial charge in [0.1, 0.15) is 5.82 Å². The third-order valence-electron chi connectivity index (χ3n) is 3.17. The smallest absolute Gasteiger partial charge is 0.126 e. The highest BCUT2D eigenvalue weighted by Crippen LogP contribution is 2.33. The van der Waals surface area contributed by atoms with Crippen molar-refractivity contribution in [3.63, 3.8) is 0 Å². The molecule has 0 saturated heterocycles. The van der Waals surface area contributed by atoms with E-state index in [1.165, 1.54) is 6.07 Å². The van der Waals surface area contributed by atoms with Gasteiger partial charge in [-0.1, -0.05) is 6.08 Å². The summed E-state index contributed by atoms with van der Waals surface area (Å²) in [5, 5.41) is 9.88. The maximum atomic E-state index is 13.7. The molecule has 0 amide bonds. The van der Waals surface area contributed by atoms with E-state index < -0.39 is 6.10 Å². The van der Waals surface area contributed by atoms with E-state index in [9.17, 15) is 9.50 Å². The zero-order valence-electron chi connectivity index (χ0n) is 12.5. The minimum absolute atomic E-state index is 0.137. The Morgan fingerprint density at radius 1 is 1.42 bits per heavy atom. The fourth-order valence-electron chi connectivity index (χ4n) is 2.11. The normalized spacial score (nSPS) is 13.2. The average molecular weight is 265 g/mol. The van der Waals surface area contributed by atoms with Crippen LogP contribution in [0.1, 0.15) is 44.9 Å². The Balaban J connectivity index is 3.44. The predicted molar refractivity (Wildman–Crippen MR) is 79.1 cm³/mol. The molecule has 0 bridgehead atoms. The number of nitrogens with zero attached hydrogens (tertiary/aromatic N) is 1. The van der Waals surface area contributed by atoms with Gasteiger partial charge < -0.3 is 10.0 Å². The Kier molecular flexibility index (Phi) is 4.75. The van der Waals surface area contributed by atoms with Gasteiger partial charge in [-0.2, -0.15) is 0 Å². The molecule has 0 spiro atoms. The standard InChI is InChI=1S/C16H24FNO/c1-7-8-18(16(4,5)6)15-9-11(2)14(17)10-13(15)12(3)19/h7,9-10,12,19H,1,8H2,2-6H3/t12-/m0/s1. The zero-order valence-corrected chi connectivity index (χ0v) is 12.5. The number of rotatable bonds is 4. The Hall–Kier alpha value is -1.35. The third kappa shape index (κ3) is 3.57. The van der Waals surface area contributed by atoms with E-state index in [-0.39, 0.29) is 11.4 Å². The van der Waals surface area contributed by atoms with Crippen LogP contribution in [-0.2, 0) is 0 Å². The summed E-state index contributed by atoms with van der Waals surface area (Å²) in [5.41, 5.74) is 1.92. The molecule has 0 unspecified atom stereocenters. The van der Waals surface area contributed by atoms with Crippen LogP contribution in [0.3, 0.4) is 0 Å². The lowest BCUT2D eigenvalue weighted by Gasteiger charge is -2.39. The van der Waals surface area contributed by atoms with Crippen molar-refractivity contribution in [1.82, 2.24) is 0 Å². The van der Waals surface area contributed by atoms with E-state index in [1.807, 2.05) is 6.08 Å². The van der Waals surface area contributed by atoms with Crippen LogP contribution < -0.4 is 4.90 Å². The molecule has 0 saturated carbocycles. The number of aryl methyl sites for hydroxylation is 1. The van der Waals surface area contributed by atoms with Crippen LogP contribution in [0.5, 0.6) is 0 Å². The largest absolute Gasteiger partial charge is 0.389 e. The maximum Gasteiger partial charge on any atom is 0.126 e. The second kappa shape index (κ2) is 5.74. The van der Waals surface area contributed by atoms with Crippen LogP contribution in [-0.4, -0.2) is 17.2 Å². The van der Waals surface area contributed by atoms with Gasteiger partial charge in [0.15, 0.2) is 0 Å². The molecule has 1 aromatic carbocycles. The molecule has 1 rings (SSSR count). The summed E-state index contributed by atoms with van der Waals surface area (Å²) in [6.45, 7) is 14.1. The molecule has 0 aromatic heterocycles. The zero-order chi connectivity index (χ0) is 14.8. The summed E-state index contributed by atoms with van der Waals surface area (Å²) in [6, 6.07) is 3.23. The van der Waals surface area contributed by atoms with Crippen molar-refractivity contribution in [2.45, 2.75) is 46.3 Å². The molecule has 0 fully saturated rings. The SMILES string of the molecule is C=CCN(c1cc(C)c(F)cc1[C@H](C)O)C(C)(C)C. The minimum atomic E-state index is -0.709. The Morgan fingerprint density at radius 3 is 2.42 bits per heavy atom. The molecule has 0 aliphatic heterocycles. The van der Waals surface area contributed by atoms with E-state index in [2.05, 4.69) is 32.3 Å². The van der Waals surface area contributed by atoms with Gasteiger partial charge in [0.25, 0.3) is 0 Å². The van der Waals surface area contributed by atoms with E-state index in [1.54, 1.807) is 19.9 Å². The van der Waals surface area contributed by atoms with Crippen molar-refractivity contribution in [3.8, 4) is 0 Å². The van der Waals surface area contributed by atoms with E-state index in [4.69, 9.17) is 0 Å². The van der Waals surface area contributed by atoms with Crippen molar-refractivity contribution in [2.24, 2.45) is 0 Å². The van der Waals surface area contributed by atoms with Crippen LogP contribution in [0.4, 0.5) is 10.1 Å². The fourth-order valence-corrected chi connectivity index (χ4v) is 2.11. The molecule has 1 N–H and O–H groups in total. The molecule has 1 aromatic rings. The van der Waals surface area contributed by atoms with Gasteiger partial charge in [-0.15, -0.1) is 6.58 Å². The average Bonchev–Trinajstić information content (AvgIpc) is 2.27. The number of hydrogen-bond acceptors (Lipinski definition) is 2. The Bertz CT molecular complexity index is 461. The summed E-state index contributed by atoms with van der Waals surface area (Å²) in [4.78, 5) is 2.12. The van der Waals surface area contributed by atoms with Crippen molar-refractivity contribution in [1.29, 1.82) is 0 Å². The summed E-state index contributed by atoms with van der Waals surface area (Å²) in [5.74, 6) is -0.285. The van der Waals surface area contributed by atoms with Crippen LogP contribution in [0.2, 0.25) is 0 Å². The van der Waals surface area contributed by atoms with Crippen molar-refractivity contribution in [2.75, 3.05) is 11.4 Å². The minimum Gasteiger partial charge on any atom is -0.389 e. The lowest BCUT2D eigenvalue weighted by atomic mass is 9.98. The second-order valence-electron chi connectivity index (χ2n) is 5.91. The first kappa shape index (κ1) is 15.7. The molecule has 0 heterocycles. The number of halogens is 1. The van der Waals surface area contributed by atoms with E-state index in [0.29, 0.717) is 17.7 Å². The fraction of sp³-hybridized carbons (Fsp3) is 0.500. The van der Waals surface area contributed by atoms with Gasteiger partial charge in [0.2, 0.25) is 0 Å². The number of benzene rings is 1. The molecular weight excluding hydrogens is 241 g/mol. The molecule has 0 aliphatic rings. The highest BCUT2D eigenvalue weighted by molar-refractivity contribution is 5.58. The maximum absolute atomic E-state index is 13.7. The molecule has 0 radical (unpaired) electrons. The first-order valence-corrected chi connectivity index (χ1v) is 6.55. The molecular formula is C16H24FNO. The molecule has 106 valence electrons. The van der Waals surface area contributed by atoms with E-state index >= 15 is 0 Å². The first-order chi connectivity index (χ1) is 8.68. The summed E-state index contributed by atoms with van der Waals surface area (Å²) >= 11 is 0. The van der Waals surface area contributed by atoms with Crippen molar-refractivity contribution in [3.05, 3.63) is 41.7 Å². The van der Waals surface area contributed by atoms with Crippen molar-refractivity contribution >= 4 is 5.69 Å².